The highest BCUT2D eigenvalue weighted by molar-refractivity contribution is 7.10. The highest BCUT2D eigenvalue weighted by Crippen LogP contribution is 2.25. The van der Waals surface area contributed by atoms with Gasteiger partial charge in [0.05, 0.1) is 25.4 Å². The third-order valence-electron chi connectivity index (χ3n) is 4.02. The van der Waals surface area contributed by atoms with Crippen LogP contribution in [-0.4, -0.2) is 46.8 Å². The number of hydrogen-bond donors (Lipinski definition) is 2. The molecule has 3 rings (SSSR count). The number of nitrogens with one attached hydrogen (secondary N) is 1. The van der Waals surface area contributed by atoms with Crippen molar-refractivity contribution in [1.29, 1.82) is 0 Å². The molecule has 2 aromatic heterocycles. The summed E-state index contributed by atoms with van der Waals surface area (Å²) in [5, 5.41) is 15.2. The molecular weight excluding hydrogens is 326 g/mol. The van der Waals surface area contributed by atoms with Crippen molar-refractivity contribution >= 4 is 17.4 Å². The molecule has 2 amide bonds. The Morgan fingerprint density at radius 2 is 2.42 bits per heavy atom. The minimum absolute atomic E-state index is 0.134. The SMILES string of the molecule is O=C(NCc1cccnc1)N1CCOC[C@H]1C[C@@H](O)c1cccs1. The van der Waals surface area contributed by atoms with Crippen molar-refractivity contribution in [3.63, 3.8) is 0 Å². The Morgan fingerprint density at radius 1 is 1.50 bits per heavy atom. The van der Waals surface area contributed by atoms with Crippen molar-refractivity contribution in [1.82, 2.24) is 15.2 Å². The average molecular weight is 347 g/mol. The minimum atomic E-state index is -0.578. The molecule has 1 aliphatic heterocycles. The molecule has 3 heterocycles. The minimum Gasteiger partial charge on any atom is -0.387 e. The van der Waals surface area contributed by atoms with E-state index < -0.39 is 6.10 Å². The van der Waals surface area contributed by atoms with Crippen molar-refractivity contribution in [2.75, 3.05) is 19.8 Å². The number of morpholine rings is 1. The highest BCUT2D eigenvalue weighted by Gasteiger charge is 2.29. The number of ether oxygens (including phenoxy) is 1. The molecule has 2 N–H and O–H groups in total. The van der Waals surface area contributed by atoms with Crippen LogP contribution < -0.4 is 5.32 Å². The predicted octanol–water partition coefficient (Wildman–Crippen LogP) is 2.18. The maximum absolute atomic E-state index is 12.5. The summed E-state index contributed by atoms with van der Waals surface area (Å²) in [5.74, 6) is 0. The number of nitrogens with zero attached hydrogens (tertiary/aromatic N) is 2. The lowest BCUT2D eigenvalue weighted by Crippen LogP contribution is -2.52. The van der Waals surface area contributed by atoms with Crippen LogP contribution in [0.1, 0.15) is 23.0 Å². The van der Waals surface area contributed by atoms with Crippen LogP contribution in [0.5, 0.6) is 0 Å². The molecular formula is C17H21N3O3S. The summed E-state index contributed by atoms with van der Waals surface area (Å²) in [5.41, 5.74) is 0.953. The van der Waals surface area contributed by atoms with Gasteiger partial charge in [-0.1, -0.05) is 12.1 Å². The Bertz CT molecular complexity index is 636. The predicted molar refractivity (Wildman–Crippen MR) is 91.7 cm³/mol. The summed E-state index contributed by atoms with van der Waals surface area (Å²) in [6.45, 7) is 1.93. The van der Waals surface area contributed by atoms with Crippen LogP contribution in [0.25, 0.3) is 0 Å². The Labute approximate surface area is 145 Å². The third kappa shape index (κ3) is 4.31. The Balaban J connectivity index is 1.58. The van der Waals surface area contributed by atoms with Gasteiger partial charge in [-0.2, -0.15) is 0 Å². The number of carbonyl (C=O) groups excluding carboxylic acids is 1. The summed E-state index contributed by atoms with van der Waals surface area (Å²) in [6.07, 6.45) is 3.33. The molecule has 1 fully saturated rings. The zero-order valence-corrected chi connectivity index (χ0v) is 14.1. The van der Waals surface area contributed by atoms with Gasteiger partial charge in [0.25, 0.3) is 0 Å². The van der Waals surface area contributed by atoms with Crippen LogP contribution in [0, 0.1) is 0 Å². The molecule has 1 saturated heterocycles. The second kappa shape index (κ2) is 8.23. The number of aliphatic hydroxyl groups is 1. The highest BCUT2D eigenvalue weighted by atomic mass is 32.1. The summed E-state index contributed by atoms with van der Waals surface area (Å²) in [4.78, 5) is 19.2. The second-order valence-electron chi connectivity index (χ2n) is 5.71. The molecule has 24 heavy (non-hydrogen) atoms. The maximum Gasteiger partial charge on any atom is 0.318 e. The number of hydrogen-bond acceptors (Lipinski definition) is 5. The van der Waals surface area contributed by atoms with Crippen LogP contribution in [0.3, 0.4) is 0 Å². The quantitative estimate of drug-likeness (QED) is 0.869. The maximum atomic E-state index is 12.5. The molecule has 0 bridgehead atoms. The van der Waals surface area contributed by atoms with Gasteiger partial charge < -0.3 is 20.1 Å². The Kier molecular flexibility index (Phi) is 5.79. The molecule has 0 aromatic carbocycles. The van der Waals surface area contributed by atoms with Crippen molar-refractivity contribution in [3.05, 3.63) is 52.5 Å². The van der Waals surface area contributed by atoms with Gasteiger partial charge in [-0.15, -0.1) is 11.3 Å². The van der Waals surface area contributed by atoms with Gasteiger partial charge in [-0.3, -0.25) is 4.98 Å². The van der Waals surface area contributed by atoms with Crippen molar-refractivity contribution < 1.29 is 14.6 Å². The molecule has 2 atom stereocenters. The number of aromatic nitrogens is 1. The van der Waals surface area contributed by atoms with Gasteiger partial charge in [0.1, 0.15) is 0 Å². The van der Waals surface area contributed by atoms with Gasteiger partial charge in [-0.25, -0.2) is 4.79 Å². The fraction of sp³-hybridized carbons (Fsp3) is 0.412. The fourth-order valence-corrected chi connectivity index (χ4v) is 3.48. The van der Waals surface area contributed by atoms with Crippen molar-refractivity contribution in [3.8, 4) is 0 Å². The first-order valence-corrected chi connectivity index (χ1v) is 8.84. The molecule has 7 heteroatoms. The smallest absolute Gasteiger partial charge is 0.318 e. The number of thiophene rings is 1. The zero-order chi connectivity index (χ0) is 16.8. The normalized spacial score (nSPS) is 19.0. The largest absolute Gasteiger partial charge is 0.387 e. The number of carbonyl (C=O) groups is 1. The van der Waals surface area contributed by atoms with E-state index in [0.29, 0.717) is 32.7 Å². The van der Waals surface area contributed by atoms with Gasteiger partial charge in [0.2, 0.25) is 0 Å². The topological polar surface area (TPSA) is 74.7 Å². The number of rotatable bonds is 5. The van der Waals surface area contributed by atoms with Crippen LogP contribution >= 0.6 is 11.3 Å². The first-order valence-electron chi connectivity index (χ1n) is 7.96. The lowest BCUT2D eigenvalue weighted by Gasteiger charge is -2.36. The summed E-state index contributed by atoms with van der Waals surface area (Å²) >= 11 is 1.52. The van der Waals surface area contributed by atoms with Gasteiger partial charge in [0, 0.05) is 36.8 Å². The number of aliphatic hydroxyl groups excluding tert-OH is 1. The molecule has 0 aliphatic carbocycles. The van der Waals surface area contributed by atoms with Gasteiger partial charge >= 0.3 is 6.03 Å². The van der Waals surface area contributed by atoms with E-state index in [1.54, 1.807) is 17.3 Å². The molecule has 128 valence electrons. The van der Waals surface area contributed by atoms with Crippen LogP contribution in [-0.2, 0) is 11.3 Å². The number of pyridine rings is 1. The summed E-state index contributed by atoms with van der Waals surface area (Å²) in [7, 11) is 0. The zero-order valence-electron chi connectivity index (χ0n) is 13.3. The van der Waals surface area contributed by atoms with E-state index in [1.807, 2.05) is 29.6 Å². The van der Waals surface area contributed by atoms with Crippen molar-refractivity contribution in [2.45, 2.75) is 25.1 Å². The lowest BCUT2D eigenvalue weighted by molar-refractivity contribution is -0.00654. The van der Waals surface area contributed by atoms with Gasteiger partial charge in [-0.05, 0) is 23.1 Å². The lowest BCUT2D eigenvalue weighted by atomic mass is 10.1. The number of urea groups is 1. The Morgan fingerprint density at radius 3 is 3.17 bits per heavy atom. The second-order valence-corrected chi connectivity index (χ2v) is 6.69. The van der Waals surface area contributed by atoms with E-state index in [4.69, 9.17) is 4.74 Å². The van der Waals surface area contributed by atoms with Crippen LogP contribution in [0.2, 0.25) is 0 Å². The van der Waals surface area contributed by atoms with E-state index in [0.717, 1.165) is 10.4 Å². The standard InChI is InChI=1S/C17H21N3O3S/c21-15(16-4-2-8-24-16)9-14-12-23-7-6-20(14)17(22)19-11-13-3-1-5-18-10-13/h1-5,8,10,14-15,21H,6-7,9,11-12H2,(H,19,22)/t14-,15-/m1/s1. The monoisotopic (exact) mass is 347 g/mol. The van der Waals surface area contributed by atoms with E-state index >= 15 is 0 Å². The molecule has 0 saturated carbocycles. The first kappa shape index (κ1) is 16.9. The van der Waals surface area contributed by atoms with Gasteiger partial charge in [0.15, 0.2) is 0 Å². The fourth-order valence-electron chi connectivity index (χ4n) is 2.75. The first-order chi connectivity index (χ1) is 11.7. The third-order valence-corrected chi connectivity index (χ3v) is 5.00. The number of amides is 2. The molecule has 0 spiro atoms. The Hall–Kier alpha value is -1.96. The molecule has 1 aliphatic rings. The van der Waals surface area contributed by atoms with E-state index in [1.165, 1.54) is 11.3 Å². The van der Waals surface area contributed by atoms with Crippen LogP contribution in [0.4, 0.5) is 4.79 Å². The molecule has 2 aromatic rings. The average Bonchev–Trinajstić information content (AvgIpc) is 3.16. The molecule has 0 unspecified atom stereocenters. The molecule has 0 radical (unpaired) electrons. The van der Waals surface area contributed by atoms with Crippen molar-refractivity contribution in [2.24, 2.45) is 0 Å². The summed E-state index contributed by atoms with van der Waals surface area (Å²) in [6, 6.07) is 7.32. The van der Waals surface area contributed by atoms with E-state index in [-0.39, 0.29) is 12.1 Å². The molecule has 6 nitrogen and oxygen atoms in total. The van der Waals surface area contributed by atoms with Crippen LogP contribution in [0.15, 0.2) is 42.0 Å². The van der Waals surface area contributed by atoms with E-state index in [9.17, 15) is 9.90 Å². The summed E-state index contributed by atoms with van der Waals surface area (Å²) < 4.78 is 5.50. The van der Waals surface area contributed by atoms with E-state index in [2.05, 4.69) is 10.3 Å².